The Morgan fingerprint density at radius 1 is 1.47 bits per heavy atom. The number of hydrogen-bond donors (Lipinski definition) is 2. The van der Waals surface area contributed by atoms with Crippen molar-refractivity contribution in [2.24, 2.45) is 4.99 Å². The number of carbonyl (C=O) groups is 1. The number of methoxy groups -OCH3 is 1. The second kappa shape index (κ2) is 6.73. The first-order valence-corrected chi connectivity index (χ1v) is 7.84. The van der Waals surface area contributed by atoms with Crippen LogP contribution in [0.15, 0.2) is 23.2 Å². The smallest absolute Gasteiger partial charge is 0.413 e. The highest BCUT2D eigenvalue weighted by molar-refractivity contribution is 14.1. The standard InChI is InChI=1S/C12H13I2N3O2/c1-19-12(18)17-11-15-5-7(6-16-11)10-8(13)3-2-4-9(10)14/h2-4,7H,5-6H2,1H3,(H2,15,16,17,18). The zero-order valence-corrected chi connectivity index (χ0v) is 14.6. The highest BCUT2D eigenvalue weighted by Crippen LogP contribution is 2.28. The van der Waals surface area contributed by atoms with Gasteiger partial charge in [-0.3, -0.25) is 10.3 Å². The molecule has 1 aromatic rings. The predicted molar refractivity (Wildman–Crippen MR) is 90.5 cm³/mol. The zero-order valence-electron chi connectivity index (χ0n) is 10.2. The van der Waals surface area contributed by atoms with Crippen molar-refractivity contribution in [1.29, 1.82) is 0 Å². The predicted octanol–water partition coefficient (Wildman–Crippen LogP) is 2.29. The molecule has 19 heavy (non-hydrogen) atoms. The first-order valence-electron chi connectivity index (χ1n) is 5.69. The van der Waals surface area contributed by atoms with Crippen LogP contribution in [0.4, 0.5) is 4.79 Å². The van der Waals surface area contributed by atoms with Gasteiger partial charge in [0.25, 0.3) is 0 Å². The fourth-order valence-corrected chi connectivity index (χ4v) is 4.26. The van der Waals surface area contributed by atoms with Crippen LogP contribution in [0, 0.1) is 7.14 Å². The number of alkyl carbamates (subject to hydrolysis) is 1. The second-order valence-corrected chi connectivity index (χ2v) is 6.34. The molecular formula is C12H13I2N3O2. The molecule has 0 spiro atoms. The minimum atomic E-state index is -0.506. The molecule has 0 radical (unpaired) electrons. The van der Waals surface area contributed by atoms with E-state index in [1.165, 1.54) is 19.8 Å². The maximum atomic E-state index is 11.1. The molecule has 1 unspecified atom stereocenters. The monoisotopic (exact) mass is 485 g/mol. The number of ether oxygens (including phenoxy) is 1. The van der Waals surface area contributed by atoms with E-state index in [0.717, 1.165) is 6.54 Å². The van der Waals surface area contributed by atoms with Crippen molar-refractivity contribution < 1.29 is 9.53 Å². The molecule has 102 valence electrons. The zero-order chi connectivity index (χ0) is 13.8. The van der Waals surface area contributed by atoms with Crippen molar-refractivity contribution in [3.8, 4) is 0 Å². The van der Waals surface area contributed by atoms with Crippen molar-refractivity contribution in [2.45, 2.75) is 5.92 Å². The molecule has 0 aromatic heterocycles. The van der Waals surface area contributed by atoms with Crippen molar-refractivity contribution in [3.05, 3.63) is 30.9 Å². The maximum absolute atomic E-state index is 11.1. The van der Waals surface area contributed by atoms with Crippen LogP contribution in [0.3, 0.4) is 0 Å². The number of halogens is 2. The number of carbonyl (C=O) groups excluding carboxylic acids is 1. The Morgan fingerprint density at radius 2 is 2.16 bits per heavy atom. The van der Waals surface area contributed by atoms with Crippen LogP contribution < -0.4 is 10.6 Å². The van der Waals surface area contributed by atoms with Gasteiger partial charge in [0.15, 0.2) is 0 Å². The first kappa shape index (κ1) is 14.8. The molecule has 0 saturated carbocycles. The van der Waals surface area contributed by atoms with Gasteiger partial charge in [0.2, 0.25) is 5.96 Å². The largest absolute Gasteiger partial charge is 0.453 e. The first-order chi connectivity index (χ1) is 9.11. The molecule has 1 heterocycles. The number of benzene rings is 1. The van der Waals surface area contributed by atoms with Gasteiger partial charge in [-0.05, 0) is 62.9 Å². The number of rotatable bonds is 1. The Labute approximate surface area is 138 Å². The fraction of sp³-hybridized carbons (Fsp3) is 0.333. The molecule has 0 aliphatic carbocycles. The summed E-state index contributed by atoms with van der Waals surface area (Å²) in [5.41, 5.74) is 1.32. The van der Waals surface area contributed by atoms with E-state index in [9.17, 15) is 4.79 Å². The highest BCUT2D eigenvalue weighted by Gasteiger charge is 2.21. The lowest BCUT2D eigenvalue weighted by Gasteiger charge is -2.24. The molecule has 1 aliphatic rings. The Kier molecular flexibility index (Phi) is 5.25. The lowest BCUT2D eigenvalue weighted by Crippen LogP contribution is -2.46. The summed E-state index contributed by atoms with van der Waals surface area (Å²) in [5, 5.41) is 5.66. The SMILES string of the molecule is COC(=O)NC1=NCC(c2c(I)cccc2I)CN1. The van der Waals surface area contributed by atoms with Gasteiger partial charge in [-0.1, -0.05) is 6.07 Å². The average Bonchev–Trinajstić information content (AvgIpc) is 2.40. The Bertz CT molecular complexity index is 499. The molecule has 0 saturated heterocycles. The summed E-state index contributed by atoms with van der Waals surface area (Å²) in [6.45, 7) is 1.40. The average molecular weight is 485 g/mol. The summed E-state index contributed by atoms with van der Waals surface area (Å²) >= 11 is 4.70. The minimum absolute atomic E-state index is 0.322. The molecule has 1 amide bonds. The fourth-order valence-electron chi connectivity index (χ4n) is 1.87. The van der Waals surface area contributed by atoms with E-state index in [0.29, 0.717) is 18.4 Å². The number of amides is 1. The number of nitrogens with zero attached hydrogens (tertiary/aromatic N) is 1. The second-order valence-electron chi connectivity index (χ2n) is 4.02. The van der Waals surface area contributed by atoms with Gasteiger partial charge in [0, 0.05) is 19.6 Å². The topological polar surface area (TPSA) is 62.7 Å². The van der Waals surface area contributed by atoms with E-state index in [1.807, 2.05) is 0 Å². The van der Waals surface area contributed by atoms with Crippen LogP contribution in [-0.2, 0) is 4.74 Å². The van der Waals surface area contributed by atoms with Crippen LogP contribution >= 0.6 is 45.2 Å². The van der Waals surface area contributed by atoms with Crippen molar-refractivity contribution in [3.63, 3.8) is 0 Å². The molecule has 7 heteroatoms. The summed E-state index contributed by atoms with van der Waals surface area (Å²) < 4.78 is 7.02. The molecule has 1 aliphatic heterocycles. The number of guanidine groups is 1. The van der Waals surface area contributed by atoms with Gasteiger partial charge in [0.05, 0.1) is 13.7 Å². The summed E-state index contributed by atoms with van der Waals surface area (Å²) in [5.74, 6) is 0.798. The summed E-state index contributed by atoms with van der Waals surface area (Å²) in [7, 11) is 1.33. The van der Waals surface area contributed by atoms with E-state index < -0.39 is 6.09 Å². The van der Waals surface area contributed by atoms with Gasteiger partial charge in [0.1, 0.15) is 0 Å². The van der Waals surface area contributed by atoms with E-state index in [4.69, 9.17) is 0 Å². The summed E-state index contributed by atoms with van der Waals surface area (Å²) in [6.07, 6.45) is -0.506. The minimum Gasteiger partial charge on any atom is -0.453 e. The van der Waals surface area contributed by atoms with E-state index in [-0.39, 0.29) is 0 Å². The third-order valence-electron chi connectivity index (χ3n) is 2.80. The Hall–Kier alpha value is -0.580. The van der Waals surface area contributed by atoms with Crippen molar-refractivity contribution >= 4 is 57.2 Å². The van der Waals surface area contributed by atoms with Crippen LogP contribution in [-0.4, -0.2) is 32.3 Å². The number of aliphatic imine (C=N–C) groups is 1. The molecule has 1 atom stereocenters. The quantitative estimate of drug-likeness (QED) is 0.601. The van der Waals surface area contributed by atoms with E-state index in [2.05, 4.69) is 83.7 Å². The third kappa shape index (κ3) is 3.71. The highest BCUT2D eigenvalue weighted by atomic mass is 127. The molecule has 2 rings (SSSR count). The van der Waals surface area contributed by atoms with E-state index in [1.54, 1.807) is 0 Å². The molecular weight excluding hydrogens is 472 g/mol. The van der Waals surface area contributed by atoms with Crippen molar-refractivity contribution in [2.75, 3.05) is 20.2 Å². The molecule has 5 nitrogen and oxygen atoms in total. The summed E-state index contributed by atoms with van der Waals surface area (Å²) in [4.78, 5) is 15.4. The third-order valence-corrected chi connectivity index (χ3v) is 4.68. The van der Waals surface area contributed by atoms with Gasteiger partial charge in [-0.2, -0.15) is 0 Å². The number of hydrogen-bond acceptors (Lipinski definition) is 4. The molecule has 0 bridgehead atoms. The lowest BCUT2D eigenvalue weighted by molar-refractivity contribution is 0.176. The molecule has 2 N–H and O–H groups in total. The number of nitrogens with one attached hydrogen (secondary N) is 2. The van der Waals surface area contributed by atoms with Crippen molar-refractivity contribution in [1.82, 2.24) is 10.6 Å². The van der Waals surface area contributed by atoms with E-state index >= 15 is 0 Å². The van der Waals surface area contributed by atoms with Crippen LogP contribution in [0.5, 0.6) is 0 Å². The van der Waals surface area contributed by atoms with Gasteiger partial charge in [-0.25, -0.2) is 4.79 Å². The summed E-state index contributed by atoms with van der Waals surface area (Å²) in [6, 6.07) is 6.25. The lowest BCUT2D eigenvalue weighted by atomic mass is 9.98. The van der Waals surface area contributed by atoms with Crippen LogP contribution in [0.2, 0.25) is 0 Å². The Morgan fingerprint density at radius 3 is 2.68 bits per heavy atom. The van der Waals surface area contributed by atoms with Gasteiger partial charge < -0.3 is 10.1 Å². The molecule has 1 aromatic carbocycles. The molecule has 0 fully saturated rings. The van der Waals surface area contributed by atoms with Gasteiger partial charge >= 0.3 is 6.09 Å². The van der Waals surface area contributed by atoms with Gasteiger partial charge in [-0.15, -0.1) is 0 Å². The Balaban J connectivity index is 2.09. The van der Waals surface area contributed by atoms with Crippen LogP contribution in [0.1, 0.15) is 11.5 Å². The maximum Gasteiger partial charge on any atom is 0.413 e. The van der Waals surface area contributed by atoms with Crippen LogP contribution in [0.25, 0.3) is 0 Å². The normalized spacial score (nSPS) is 18.3.